The van der Waals surface area contributed by atoms with Gasteiger partial charge in [0.25, 0.3) is 5.91 Å². The van der Waals surface area contributed by atoms with Gasteiger partial charge in [-0.15, -0.1) is 0 Å². The SMILES string of the molecule is O=C(NCc1cc(-c2cccc(Cl)c2)no1)c1ccccn1. The molecule has 0 spiro atoms. The van der Waals surface area contributed by atoms with Gasteiger partial charge in [0.1, 0.15) is 11.4 Å². The van der Waals surface area contributed by atoms with E-state index < -0.39 is 0 Å². The van der Waals surface area contributed by atoms with Gasteiger partial charge in [0.2, 0.25) is 0 Å². The summed E-state index contributed by atoms with van der Waals surface area (Å²) in [6, 6.07) is 14.2. The minimum Gasteiger partial charge on any atom is -0.359 e. The number of hydrogen-bond acceptors (Lipinski definition) is 4. The van der Waals surface area contributed by atoms with Crippen molar-refractivity contribution in [3.8, 4) is 11.3 Å². The number of benzene rings is 1. The molecule has 6 heteroatoms. The minimum absolute atomic E-state index is 0.239. The molecule has 3 aromatic rings. The molecule has 22 heavy (non-hydrogen) atoms. The van der Waals surface area contributed by atoms with E-state index in [2.05, 4.69) is 15.5 Å². The summed E-state index contributed by atoms with van der Waals surface area (Å²) in [5, 5.41) is 7.34. The summed E-state index contributed by atoms with van der Waals surface area (Å²) >= 11 is 5.95. The van der Waals surface area contributed by atoms with Crippen LogP contribution in [0.1, 0.15) is 16.2 Å². The molecule has 1 N–H and O–H groups in total. The van der Waals surface area contributed by atoms with Gasteiger partial charge in [-0.25, -0.2) is 0 Å². The Morgan fingerprint density at radius 3 is 2.86 bits per heavy atom. The Morgan fingerprint density at radius 2 is 2.09 bits per heavy atom. The van der Waals surface area contributed by atoms with Crippen LogP contribution in [0, 0.1) is 0 Å². The van der Waals surface area contributed by atoms with Crippen LogP contribution < -0.4 is 5.32 Å². The van der Waals surface area contributed by atoms with Crippen LogP contribution in [0.15, 0.2) is 59.3 Å². The highest BCUT2D eigenvalue weighted by Gasteiger charge is 2.10. The monoisotopic (exact) mass is 313 g/mol. The number of rotatable bonds is 4. The summed E-state index contributed by atoms with van der Waals surface area (Å²) < 4.78 is 5.22. The number of halogens is 1. The van der Waals surface area contributed by atoms with Gasteiger partial charge in [0, 0.05) is 22.8 Å². The molecule has 0 atom stereocenters. The lowest BCUT2D eigenvalue weighted by Gasteiger charge is -2.00. The summed E-state index contributed by atoms with van der Waals surface area (Å²) in [6.45, 7) is 0.239. The van der Waals surface area contributed by atoms with Crippen molar-refractivity contribution in [2.75, 3.05) is 0 Å². The molecule has 0 bridgehead atoms. The first kappa shape index (κ1) is 14.3. The van der Waals surface area contributed by atoms with Crippen molar-refractivity contribution >= 4 is 17.5 Å². The molecule has 1 aromatic carbocycles. The van der Waals surface area contributed by atoms with E-state index in [-0.39, 0.29) is 12.5 Å². The van der Waals surface area contributed by atoms with Crippen LogP contribution in [0.3, 0.4) is 0 Å². The molecular formula is C16H12ClN3O2. The highest BCUT2D eigenvalue weighted by atomic mass is 35.5. The highest BCUT2D eigenvalue weighted by molar-refractivity contribution is 6.30. The second-order valence-electron chi connectivity index (χ2n) is 4.59. The van der Waals surface area contributed by atoms with Crippen LogP contribution >= 0.6 is 11.6 Å². The zero-order chi connectivity index (χ0) is 15.4. The minimum atomic E-state index is -0.263. The maximum absolute atomic E-state index is 11.9. The van der Waals surface area contributed by atoms with Crippen LogP contribution in [0.25, 0.3) is 11.3 Å². The Kier molecular flexibility index (Phi) is 4.16. The van der Waals surface area contributed by atoms with E-state index >= 15 is 0 Å². The fraction of sp³-hybridized carbons (Fsp3) is 0.0625. The smallest absolute Gasteiger partial charge is 0.270 e. The lowest BCUT2D eigenvalue weighted by Crippen LogP contribution is -2.23. The largest absolute Gasteiger partial charge is 0.359 e. The number of hydrogen-bond donors (Lipinski definition) is 1. The predicted molar refractivity (Wildman–Crippen MR) is 82.4 cm³/mol. The van der Waals surface area contributed by atoms with Crippen molar-refractivity contribution in [3.63, 3.8) is 0 Å². The number of pyridine rings is 1. The van der Waals surface area contributed by atoms with E-state index in [1.54, 1.807) is 42.6 Å². The van der Waals surface area contributed by atoms with E-state index in [4.69, 9.17) is 16.1 Å². The van der Waals surface area contributed by atoms with Crippen molar-refractivity contribution in [3.05, 3.63) is 71.2 Å². The van der Waals surface area contributed by atoms with Crippen molar-refractivity contribution < 1.29 is 9.32 Å². The van der Waals surface area contributed by atoms with Gasteiger partial charge in [0.05, 0.1) is 6.54 Å². The first-order chi connectivity index (χ1) is 10.7. The molecule has 110 valence electrons. The van der Waals surface area contributed by atoms with Gasteiger partial charge < -0.3 is 9.84 Å². The number of aromatic nitrogens is 2. The average Bonchev–Trinajstić information content (AvgIpc) is 3.02. The summed E-state index contributed by atoms with van der Waals surface area (Å²) in [5.74, 6) is 0.292. The zero-order valence-corrected chi connectivity index (χ0v) is 12.2. The highest BCUT2D eigenvalue weighted by Crippen LogP contribution is 2.22. The number of carbonyl (C=O) groups is 1. The van der Waals surface area contributed by atoms with Gasteiger partial charge in [-0.2, -0.15) is 0 Å². The van der Waals surface area contributed by atoms with E-state index in [9.17, 15) is 4.79 Å². The lowest BCUT2D eigenvalue weighted by molar-refractivity contribution is 0.0942. The third kappa shape index (κ3) is 3.32. The van der Waals surface area contributed by atoms with Crippen molar-refractivity contribution in [2.45, 2.75) is 6.54 Å². The Morgan fingerprint density at radius 1 is 1.18 bits per heavy atom. The molecule has 0 saturated carbocycles. The molecule has 0 fully saturated rings. The van der Waals surface area contributed by atoms with Crippen LogP contribution in [0.5, 0.6) is 0 Å². The number of nitrogens with one attached hydrogen (secondary N) is 1. The maximum atomic E-state index is 11.9. The fourth-order valence-corrected chi connectivity index (χ4v) is 2.13. The predicted octanol–water partition coefficient (Wildman–Crippen LogP) is 3.32. The quantitative estimate of drug-likeness (QED) is 0.802. The van der Waals surface area contributed by atoms with E-state index in [1.165, 1.54) is 0 Å². The van der Waals surface area contributed by atoms with Gasteiger partial charge in [-0.05, 0) is 24.3 Å². The molecular weight excluding hydrogens is 302 g/mol. The Labute approximate surface area is 131 Å². The molecule has 0 aliphatic carbocycles. The summed E-state index contributed by atoms with van der Waals surface area (Å²) in [7, 11) is 0. The van der Waals surface area contributed by atoms with Gasteiger partial charge in [-0.1, -0.05) is 35.0 Å². The van der Waals surface area contributed by atoms with Crippen LogP contribution in [0.2, 0.25) is 5.02 Å². The van der Waals surface area contributed by atoms with E-state index in [0.717, 1.165) is 5.56 Å². The zero-order valence-electron chi connectivity index (χ0n) is 11.5. The molecule has 2 aromatic heterocycles. The third-order valence-electron chi connectivity index (χ3n) is 3.00. The van der Waals surface area contributed by atoms with Crippen molar-refractivity contribution in [1.82, 2.24) is 15.5 Å². The average molecular weight is 314 g/mol. The fourth-order valence-electron chi connectivity index (χ4n) is 1.94. The van der Waals surface area contributed by atoms with Crippen molar-refractivity contribution in [1.29, 1.82) is 0 Å². The lowest BCUT2D eigenvalue weighted by atomic mass is 10.1. The van der Waals surface area contributed by atoms with Crippen molar-refractivity contribution in [2.24, 2.45) is 0 Å². The first-order valence-corrected chi connectivity index (χ1v) is 7.01. The molecule has 0 unspecified atom stereocenters. The molecule has 0 aliphatic heterocycles. The van der Waals surface area contributed by atoms with Gasteiger partial charge in [-0.3, -0.25) is 9.78 Å². The van der Waals surface area contributed by atoms with E-state index in [1.807, 2.05) is 12.1 Å². The Bertz CT molecular complexity index is 787. The standard InChI is InChI=1S/C16H12ClN3O2/c17-12-5-3-4-11(8-12)15-9-13(22-20-15)10-19-16(21)14-6-1-2-7-18-14/h1-9H,10H2,(H,19,21). The van der Waals surface area contributed by atoms with Crippen LogP contribution in [0.4, 0.5) is 0 Å². The second kappa shape index (κ2) is 6.41. The second-order valence-corrected chi connectivity index (χ2v) is 5.02. The summed E-state index contributed by atoms with van der Waals surface area (Å²) in [4.78, 5) is 15.9. The third-order valence-corrected chi connectivity index (χ3v) is 3.24. The number of carbonyl (C=O) groups excluding carboxylic acids is 1. The summed E-state index contributed by atoms with van der Waals surface area (Å²) in [5.41, 5.74) is 1.89. The number of nitrogens with zero attached hydrogens (tertiary/aromatic N) is 2. The molecule has 0 radical (unpaired) electrons. The molecule has 0 aliphatic rings. The normalized spacial score (nSPS) is 10.4. The summed E-state index contributed by atoms with van der Waals surface area (Å²) in [6.07, 6.45) is 1.57. The Hall–Kier alpha value is -2.66. The number of amides is 1. The van der Waals surface area contributed by atoms with Crippen LogP contribution in [-0.2, 0) is 6.54 Å². The van der Waals surface area contributed by atoms with Crippen LogP contribution in [-0.4, -0.2) is 16.0 Å². The molecule has 0 saturated heterocycles. The molecule has 1 amide bonds. The molecule has 3 rings (SSSR count). The van der Waals surface area contributed by atoms with E-state index in [0.29, 0.717) is 22.2 Å². The molecule has 5 nitrogen and oxygen atoms in total. The topological polar surface area (TPSA) is 68.0 Å². The van der Waals surface area contributed by atoms with Gasteiger partial charge >= 0.3 is 0 Å². The Balaban J connectivity index is 1.66. The van der Waals surface area contributed by atoms with Gasteiger partial charge in [0.15, 0.2) is 5.76 Å². The first-order valence-electron chi connectivity index (χ1n) is 6.63. The maximum Gasteiger partial charge on any atom is 0.270 e. The molecule has 2 heterocycles.